The fourth-order valence-corrected chi connectivity index (χ4v) is 2.45. The highest BCUT2D eigenvalue weighted by Gasteiger charge is 2.29. The third kappa shape index (κ3) is 3.12. The molecular weight excluding hydrogens is 254 g/mol. The Kier molecular flexibility index (Phi) is 3.91. The zero-order valence-electron chi connectivity index (χ0n) is 12.2. The lowest BCUT2D eigenvalue weighted by Gasteiger charge is -2.35. The predicted molar refractivity (Wildman–Crippen MR) is 77.6 cm³/mol. The first-order chi connectivity index (χ1) is 9.76. The number of nitrogens with one attached hydrogen (secondary N) is 1. The quantitative estimate of drug-likeness (QED) is 0.659. The topological polar surface area (TPSA) is 54.7 Å². The van der Waals surface area contributed by atoms with Gasteiger partial charge in [0, 0.05) is 37.9 Å². The second-order valence-electron chi connectivity index (χ2n) is 5.47. The van der Waals surface area contributed by atoms with Crippen LogP contribution in [0.1, 0.15) is 31.4 Å². The van der Waals surface area contributed by atoms with E-state index >= 15 is 0 Å². The third-order valence-electron chi connectivity index (χ3n) is 3.68. The lowest BCUT2D eigenvalue weighted by Crippen LogP contribution is -2.48. The molecule has 1 aromatic rings. The van der Waals surface area contributed by atoms with E-state index in [2.05, 4.69) is 27.2 Å². The van der Waals surface area contributed by atoms with Crippen LogP contribution >= 0.6 is 0 Å². The molecule has 0 aromatic carbocycles. The maximum atomic E-state index is 5.88. The molecular formula is C14H23N5O. The molecule has 1 atom stereocenters. The maximum Gasteiger partial charge on any atom is 0.194 e. The summed E-state index contributed by atoms with van der Waals surface area (Å²) >= 11 is 0. The normalized spacial score (nSPS) is 24.0. The molecule has 1 aliphatic carbocycles. The van der Waals surface area contributed by atoms with Gasteiger partial charge in [0.05, 0.1) is 19.3 Å². The van der Waals surface area contributed by atoms with Crippen molar-refractivity contribution in [2.24, 2.45) is 12.0 Å². The van der Waals surface area contributed by atoms with E-state index in [0.717, 1.165) is 37.8 Å². The first-order valence-electron chi connectivity index (χ1n) is 7.42. The Morgan fingerprint density at radius 2 is 2.40 bits per heavy atom. The zero-order valence-corrected chi connectivity index (χ0v) is 12.2. The standard InChI is InChI=1S/C14H23N5O/c1-3-15-14(17-12-4-5-12)19-6-7-20-13(10-19)11-8-16-18(2)9-11/h8-9,12-13H,3-7,10H2,1-2H3,(H,15,17). The summed E-state index contributed by atoms with van der Waals surface area (Å²) in [7, 11) is 1.93. The molecule has 2 fully saturated rings. The minimum Gasteiger partial charge on any atom is -0.370 e. The summed E-state index contributed by atoms with van der Waals surface area (Å²) in [5, 5.41) is 7.77. The van der Waals surface area contributed by atoms with E-state index in [1.165, 1.54) is 12.8 Å². The summed E-state index contributed by atoms with van der Waals surface area (Å²) in [6.07, 6.45) is 6.52. The van der Waals surface area contributed by atoms with E-state index in [1.807, 2.05) is 24.1 Å². The van der Waals surface area contributed by atoms with Crippen molar-refractivity contribution in [1.29, 1.82) is 0 Å². The van der Waals surface area contributed by atoms with Gasteiger partial charge >= 0.3 is 0 Å². The Labute approximate surface area is 119 Å². The number of nitrogens with zero attached hydrogens (tertiary/aromatic N) is 4. The van der Waals surface area contributed by atoms with Crippen molar-refractivity contribution in [2.75, 3.05) is 26.2 Å². The van der Waals surface area contributed by atoms with Crippen molar-refractivity contribution in [3.8, 4) is 0 Å². The van der Waals surface area contributed by atoms with E-state index < -0.39 is 0 Å². The second kappa shape index (κ2) is 5.83. The Balaban J connectivity index is 1.68. The van der Waals surface area contributed by atoms with Gasteiger partial charge in [0.25, 0.3) is 0 Å². The highest BCUT2D eigenvalue weighted by atomic mass is 16.5. The molecule has 0 amide bonds. The van der Waals surface area contributed by atoms with Crippen molar-refractivity contribution in [3.05, 3.63) is 18.0 Å². The molecule has 1 saturated heterocycles. The van der Waals surface area contributed by atoms with Crippen molar-refractivity contribution in [3.63, 3.8) is 0 Å². The van der Waals surface area contributed by atoms with Crippen LogP contribution in [0.4, 0.5) is 0 Å². The van der Waals surface area contributed by atoms with Gasteiger partial charge < -0.3 is 15.0 Å². The maximum absolute atomic E-state index is 5.88. The molecule has 2 aliphatic rings. The van der Waals surface area contributed by atoms with Gasteiger partial charge in [-0.3, -0.25) is 9.67 Å². The molecule has 1 aromatic heterocycles. The molecule has 6 heteroatoms. The molecule has 1 unspecified atom stereocenters. The number of rotatable bonds is 3. The number of aromatic nitrogens is 2. The van der Waals surface area contributed by atoms with Gasteiger partial charge in [-0.2, -0.15) is 5.10 Å². The molecule has 0 bridgehead atoms. The first kappa shape index (κ1) is 13.4. The predicted octanol–water partition coefficient (Wildman–Crippen LogP) is 0.921. The summed E-state index contributed by atoms with van der Waals surface area (Å²) in [6.45, 7) is 5.35. The molecule has 2 heterocycles. The van der Waals surface area contributed by atoms with Crippen LogP contribution in [0.25, 0.3) is 0 Å². The molecule has 3 rings (SSSR count). The van der Waals surface area contributed by atoms with E-state index in [0.29, 0.717) is 6.04 Å². The number of aliphatic imine (C=N–C) groups is 1. The lowest BCUT2D eigenvalue weighted by molar-refractivity contribution is -0.00809. The van der Waals surface area contributed by atoms with Gasteiger partial charge in [-0.05, 0) is 19.8 Å². The Morgan fingerprint density at radius 1 is 1.55 bits per heavy atom. The second-order valence-corrected chi connectivity index (χ2v) is 5.47. The van der Waals surface area contributed by atoms with Gasteiger partial charge in [-0.25, -0.2) is 0 Å². The van der Waals surface area contributed by atoms with Crippen LogP contribution in [0.2, 0.25) is 0 Å². The molecule has 1 saturated carbocycles. The highest BCUT2D eigenvalue weighted by molar-refractivity contribution is 5.80. The van der Waals surface area contributed by atoms with Crippen molar-refractivity contribution in [2.45, 2.75) is 31.9 Å². The highest BCUT2D eigenvalue weighted by Crippen LogP contribution is 2.23. The summed E-state index contributed by atoms with van der Waals surface area (Å²) in [4.78, 5) is 6.92. The van der Waals surface area contributed by atoms with Crippen LogP contribution in [-0.4, -0.2) is 52.9 Å². The van der Waals surface area contributed by atoms with E-state index in [4.69, 9.17) is 4.74 Å². The van der Waals surface area contributed by atoms with Crippen LogP contribution < -0.4 is 5.32 Å². The molecule has 0 spiro atoms. The number of ether oxygens (including phenoxy) is 1. The fourth-order valence-electron chi connectivity index (χ4n) is 2.45. The van der Waals surface area contributed by atoms with Gasteiger partial charge in [-0.15, -0.1) is 0 Å². The molecule has 20 heavy (non-hydrogen) atoms. The first-order valence-corrected chi connectivity index (χ1v) is 7.42. The summed E-state index contributed by atoms with van der Waals surface area (Å²) in [5.41, 5.74) is 1.14. The van der Waals surface area contributed by atoms with Crippen LogP contribution in [0.3, 0.4) is 0 Å². The smallest absolute Gasteiger partial charge is 0.194 e. The van der Waals surface area contributed by atoms with Gasteiger partial charge in [0.1, 0.15) is 6.10 Å². The molecule has 110 valence electrons. The Morgan fingerprint density at radius 3 is 3.05 bits per heavy atom. The molecule has 1 aliphatic heterocycles. The van der Waals surface area contributed by atoms with Crippen molar-refractivity contribution < 1.29 is 4.74 Å². The number of guanidine groups is 1. The fraction of sp³-hybridized carbons (Fsp3) is 0.714. The van der Waals surface area contributed by atoms with Crippen molar-refractivity contribution in [1.82, 2.24) is 20.0 Å². The summed E-state index contributed by atoms with van der Waals surface area (Å²) in [6, 6.07) is 0.625. The van der Waals surface area contributed by atoms with Crippen molar-refractivity contribution >= 4 is 5.96 Å². The molecule has 0 radical (unpaired) electrons. The van der Waals surface area contributed by atoms with Crippen LogP contribution in [-0.2, 0) is 11.8 Å². The number of morpholine rings is 1. The Bertz CT molecular complexity index is 480. The van der Waals surface area contributed by atoms with Crippen LogP contribution in [0, 0.1) is 0 Å². The lowest BCUT2D eigenvalue weighted by atomic mass is 10.1. The largest absolute Gasteiger partial charge is 0.370 e. The number of hydrogen-bond acceptors (Lipinski definition) is 3. The van der Waals surface area contributed by atoms with Crippen LogP contribution in [0.5, 0.6) is 0 Å². The monoisotopic (exact) mass is 277 g/mol. The van der Waals surface area contributed by atoms with E-state index in [9.17, 15) is 0 Å². The van der Waals surface area contributed by atoms with E-state index in [1.54, 1.807) is 0 Å². The average Bonchev–Trinajstić information content (AvgIpc) is 3.17. The van der Waals surface area contributed by atoms with E-state index in [-0.39, 0.29) is 6.10 Å². The SMILES string of the molecule is CCN=C(NC1CC1)N1CCOC(c2cnn(C)c2)C1. The Hall–Kier alpha value is -1.56. The van der Waals surface area contributed by atoms with Gasteiger partial charge in [0.15, 0.2) is 5.96 Å². The summed E-state index contributed by atoms with van der Waals surface area (Å²) in [5.74, 6) is 1.03. The minimum absolute atomic E-state index is 0.0838. The van der Waals surface area contributed by atoms with Crippen LogP contribution in [0.15, 0.2) is 17.4 Å². The number of aryl methyl sites for hydroxylation is 1. The molecule has 6 nitrogen and oxygen atoms in total. The average molecular weight is 277 g/mol. The summed E-state index contributed by atoms with van der Waals surface area (Å²) < 4.78 is 7.70. The third-order valence-corrected chi connectivity index (χ3v) is 3.68. The van der Waals surface area contributed by atoms with Gasteiger partial charge in [0.2, 0.25) is 0 Å². The molecule has 1 N–H and O–H groups in total. The minimum atomic E-state index is 0.0838. The van der Waals surface area contributed by atoms with Gasteiger partial charge in [-0.1, -0.05) is 0 Å². The number of hydrogen-bond donors (Lipinski definition) is 1. The zero-order chi connectivity index (χ0) is 13.9.